The van der Waals surface area contributed by atoms with Crippen molar-refractivity contribution in [2.24, 2.45) is 7.05 Å². The molecule has 0 spiro atoms. The van der Waals surface area contributed by atoms with E-state index in [9.17, 15) is 26.7 Å². The van der Waals surface area contributed by atoms with Crippen LogP contribution in [0.25, 0.3) is 11.1 Å². The number of rotatable bonds is 7. The molecule has 0 radical (unpaired) electrons. The van der Waals surface area contributed by atoms with Crippen LogP contribution < -0.4 is 16.0 Å². The molecule has 190 valence electrons. The number of aromatic nitrogens is 4. The number of nitrogens with one attached hydrogen (secondary N) is 3. The minimum absolute atomic E-state index is 0.0222. The third-order valence-corrected chi connectivity index (χ3v) is 5.00. The molecule has 3 N–H and O–H groups in total. The van der Waals surface area contributed by atoms with Gasteiger partial charge in [-0.05, 0) is 42.0 Å². The second kappa shape index (κ2) is 10.0. The van der Waals surface area contributed by atoms with Gasteiger partial charge >= 0.3 is 6.18 Å². The molecule has 0 aliphatic carbocycles. The van der Waals surface area contributed by atoms with Crippen molar-refractivity contribution in [2.45, 2.75) is 6.18 Å². The van der Waals surface area contributed by atoms with Crippen LogP contribution in [0, 0.1) is 11.6 Å². The Morgan fingerprint density at radius 3 is 2.46 bits per heavy atom. The zero-order chi connectivity index (χ0) is 26.7. The van der Waals surface area contributed by atoms with Gasteiger partial charge in [0.2, 0.25) is 11.9 Å². The molecular weight excluding hydrogens is 497 g/mol. The van der Waals surface area contributed by atoms with Crippen molar-refractivity contribution in [3.05, 3.63) is 84.8 Å². The maximum absolute atomic E-state index is 14.7. The fourth-order valence-corrected chi connectivity index (χ4v) is 3.29. The molecule has 2 heterocycles. The molecule has 0 aliphatic rings. The van der Waals surface area contributed by atoms with Gasteiger partial charge in [0, 0.05) is 30.7 Å². The summed E-state index contributed by atoms with van der Waals surface area (Å²) in [5.41, 5.74) is -0.925. The van der Waals surface area contributed by atoms with E-state index in [1.54, 1.807) is 13.2 Å². The molecule has 2 aromatic heterocycles. The van der Waals surface area contributed by atoms with Crippen molar-refractivity contribution in [1.82, 2.24) is 19.7 Å². The third-order valence-electron chi connectivity index (χ3n) is 5.00. The second-order valence-corrected chi connectivity index (χ2v) is 7.69. The first-order chi connectivity index (χ1) is 17.5. The lowest BCUT2D eigenvalue weighted by Crippen LogP contribution is -2.09. The summed E-state index contributed by atoms with van der Waals surface area (Å²) in [5, 5.41) is 12.1. The van der Waals surface area contributed by atoms with Crippen LogP contribution in [0.3, 0.4) is 0 Å². The lowest BCUT2D eigenvalue weighted by molar-refractivity contribution is -0.139. The molecule has 8 nitrogen and oxygen atoms in total. The zero-order valence-corrected chi connectivity index (χ0v) is 19.1. The summed E-state index contributed by atoms with van der Waals surface area (Å²) < 4.78 is 70.1. The van der Waals surface area contributed by atoms with E-state index in [0.29, 0.717) is 17.8 Å². The lowest BCUT2D eigenvalue weighted by atomic mass is 10.0. The number of carbonyl (C=O) groups excluding carboxylic acids is 1. The zero-order valence-electron chi connectivity index (χ0n) is 19.1. The molecule has 37 heavy (non-hydrogen) atoms. The number of carbonyl (C=O) groups is 1. The number of hydrogen-bond acceptors (Lipinski definition) is 6. The van der Waals surface area contributed by atoms with Crippen LogP contribution in [0.4, 0.5) is 50.8 Å². The van der Waals surface area contributed by atoms with Crippen molar-refractivity contribution in [3.8, 4) is 11.1 Å². The van der Waals surface area contributed by atoms with E-state index in [-0.39, 0.29) is 34.3 Å². The Balaban J connectivity index is 1.79. The number of hydrogen-bond donors (Lipinski definition) is 3. The van der Waals surface area contributed by atoms with Crippen LogP contribution in [-0.2, 0) is 18.0 Å². The van der Waals surface area contributed by atoms with Crippen LogP contribution in [0.2, 0.25) is 0 Å². The number of nitrogens with zero attached hydrogens (tertiary/aromatic N) is 4. The van der Waals surface area contributed by atoms with E-state index in [1.165, 1.54) is 29.2 Å². The van der Waals surface area contributed by atoms with Gasteiger partial charge in [-0.3, -0.25) is 9.48 Å². The highest BCUT2D eigenvalue weighted by atomic mass is 19.4. The molecule has 0 bridgehead atoms. The first-order valence-corrected chi connectivity index (χ1v) is 10.5. The summed E-state index contributed by atoms with van der Waals surface area (Å²) in [6, 6.07) is 6.08. The third kappa shape index (κ3) is 5.89. The predicted octanol–water partition coefficient (Wildman–Crippen LogP) is 5.79. The first-order valence-electron chi connectivity index (χ1n) is 10.5. The summed E-state index contributed by atoms with van der Waals surface area (Å²) in [6.07, 6.45) is 0.418. The average Bonchev–Trinajstić information content (AvgIpc) is 3.25. The minimum Gasteiger partial charge on any atom is -0.337 e. The topological polar surface area (TPSA) is 96.8 Å². The van der Waals surface area contributed by atoms with Gasteiger partial charge in [-0.1, -0.05) is 12.6 Å². The molecule has 0 atom stereocenters. The minimum atomic E-state index is -4.94. The Bertz CT molecular complexity index is 1480. The number of alkyl halides is 3. The Labute approximate surface area is 206 Å². The van der Waals surface area contributed by atoms with E-state index < -0.39 is 29.3 Å². The highest BCUT2D eigenvalue weighted by molar-refractivity contribution is 5.99. The summed E-state index contributed by atoms with van der Waals surface area (Å²) in [5.74, 6) is -2.79. The number of amides is 1. The molecule has 0 saturated carbocycles. The van der Waals surface area contributed by atoms with Crippen LogP contribution in [0.1, 0.15) is 5.56 Å². The van der Waals surface area contributed by atoms with E-state index in [4.69, 9.17) is 0 Å². The van der Waals surface area contributed by atoms with Gasteiger partial charge < -0.3 is 16.0 Å². The Hall–Kier alpha value is -4.81. The van der Waals surface area contributed by atoms with Crippen molar-refractivity contribution >= 4 is 34.7 Å². The molecule has 0 unspecified atom stereocenters. The van der Waals surface area contributed by atoms with Crippen LogP contribution >= 0.6 is 0 Å². The molecule has 0 fully saturated rings. The molecule has 1 amide bonds. The van der Waals surface area contributed by atoms with Gasteiger partial charge in [0.1, 0.15) is 17.5 Å². The smallest absolute Gasteiger partial charge is 0.337 e. The number of halogens is 5. The normalized spacial score (nSPS) is 11.2. The number of anilines is 5. The number of aryl methyl sites for hydroxylation is 1. The molecule has 4 aromatic rings. The van der Waals surface area contributed by atoms with E-state index in [1.807, 2.05) is 0 Å². The van der Waals surface area contributed by atoms with Gasteiger partial charge in [0.15, 0.2) is 0 Å². The molecule has 13 heteroatoms. The van der Waals surface area contributed by atoms with Gasteiger partial charge in [-0.25, -0.2) is 13.8 Å². The maximum Gasteiger partial charge on any atom is 0.419 e. The standard InChI is InChI=1S/C24H18F5N7O/c1-3-21(37)32-14-5-7-19(26)20(9-14)34-22-16(13-4-6-18(25)17(8-13)24(27,28)29)11-30-23(35-22)33-15-10-31-36(2)12-15/h3-12H,1H2,2H3,(H,32,37)(H2,30,33,34,35). The Morgan fingerprint density at radius 1 is 1.03 bits per heavy atom. The fraction of sp³-hybridized carbons (Fsp3) is 0.0833. The van der Waals surface area contributed by atoms with Gasteiger partial charge in [0.25, 0.3) is 0 Å². The molecular formula is C24H18F5N7O. The molecule has 0 aliphatic heterocycles. The van der Waals surface area contributed by atoms with Crippen LogP contribution in [-0.4, -0.2) is 25.7 Å². The monoisotopic (exact) mass is 515 g/mol. The van der Waals surface area contributed by atoms with Gasteiger partial charge in [-0.15, -0.1) is 0 Å². The van der Waals surface area contributed by atoms with Gasteiger partial charge in [0.05, 0.1) is 23.1 Å². The summed E-state index contributed by atoms with van der Waals surface area (Å²) in [7, 11) is 1.69. The van der Waals surface area contributed by atoms with Crippen LogP contribution in [0.15, 0.2) is 67.6 Å². The predicted molar refractivity (Wildman–Crippen MR) is 127 cm³/mol. The SMILES string of the molecule is C=CC(=O)Nc1ccc(F)c(Nc2nc(Nc3cnn(C)c3)ncc2-c2ccc(F)c(C(F)(F)F)c2)c1. The number of benzene rings is 2. The lowest BCUT2D eigenvalue weighted by Gasteiger charge is -2.16. The Kier molecular flexibility index (Phi) is 6.87. The van der Waals surface area contributed by atoms with Gasteiger partial charge in [-0.2, -0.15) is 23.3 Å². The van der Waals surface area contributed by atoms with Crippen molar-refractivity contribution in [2.75, 3.05) is 16.0 Å². The van der Waals surface area contributed by atoms with E-state index >= 15 is 0 Å². The highest BCUT2D eigenvalue weighted by Gasteiger charge is 2.34. The summed E-state index contributed by atoms with van der Waals surface area (Å²) in [6.45, 7) is 3.35. The summed E-state index contributed by atoms with van der Waals surface area (Å²) >= 11 is 0. The van der Waals surface area contributed by atoms with Crippen molar-refractivity contribution in [1.29, 1.82) is 0 Å². The molecule has 2 aromatic carbocycles. The average molecular weight is 515 g/mol. The van der Waals surface area contributed by atoms with Crippen LogP contribution in [0.5, 0.6) is 0 Å². The second-order valence-electron chi connectivity index (χ2n) is 7.69. The molecule has 4 rings (SSSR count). The first kappa shape index (κ1) is 25.3. The fourth-order valence-electron chi connectivity index (χ4n) is 3.29. The Morgan fingerprint density at radius 2 is 1.78 bits per heavy atom. The highest BCUT2D eigenvalue weighted by Crippen LogP contribution is 2.37. The maximum atomic E-state index is 14.7. The largest absolute Gasteiger partial charge is 0.419 e. The molecule has 0 saturated heterocycles. The van der Waals surface area contributed by atoms with Crippen molar-refractivity contribution in [3.63, 3.8) is 0 Å². The quantitative estimate of drug-likeness (QED) is 0.213. The summed E-state index contributed by atoms with van der Waals surface area (Å²) in [4.78, 5) is 20.1. The van der Waals surface area contributed by atoms with E-state index in [0.717, 1.165) is 18.2 Å². The van der Waals surface area contributed by atoms with Crippen molar-refractivity contribution < 1.29 is 26.7 Å². The van der Waals surface area contributed by atoms with E-state index in [2.05, 4.69) is 37.6 Å².